The number of nitrogens with two attached hydrogens (primary N) is 1. The minimum atomic E-state index is -0.174. The van der Waals surface area contributed by atoms with Gasteiger partial charge in [-0.1, -0.05) is 25.0 Å². The van der Waals surface area contributed by atoms with Crippen LogP contribution in [-0.4, -0.2) is 19.0 Å². The molecule has 1 amide bonds. The van der Waals surface area contributed by atoms with Crippen LogP contribution in [0, 0.1) is 0 Å². The van der Waals surface area contributed by atoms with E-state index in [2.05, 4.69) is 10.1 Å². The summed E-state index contributed by atoms with van der Waals surface area (Å²) in [5.74, 6) is -0.162. The average molecular weight is 292 g/mol. The van der Waals surface area contributed by atoms with Crippen molar-refractivity contribution in [3.05, 3.63) is 29.8 Å². The Hall–Kier alpha value is -1.88. The second-order valence-corrected chi connectivity index (χ2v) is 4.94. The largest absolute Gasteiger partial charge is 0.469 e. The minimum Gasteiger partial charge on any atom is -0.469 e. The van der Waals surface area contributed by atoms with Crippen LogP contribution in [0.1, 0.15) is 44.1 Å². The monoisotopic (exact) mass is 292 g/mol. The van der Waals surface area contributed by atoms with Crippen molar-refractivity contribution in [3.63, 3.8) is 0 Å². The van der Waals surface area contributed by atoms with Gasteiger partial charge < -0.3 is 15.8 Å². The Morgan fingerprint density at radius 3 is 2.52 bits per heavy atom. The van der Waals surface area contributed by atoms with Gasteiger partial charge >= 0.3 is 5.97 Å². The molecule has 0 radical (unpaired) electrons. The molecule has 5 heteroatoms. The third kappa shape index (κ3) is 7.46. The molecule has 0 aromatic heterocycles. The maximum absolute atomic E-state index is 11.8. The van der Waals surface area contributed by atoms with E-state index in [9.17, 15) is 9.59 Å². The zero-order valence-corrected chi connectivity index (χ0v) is 12.6. The van der Waals surface area contributed by atoms with Gasteiger partial charge in [-0.2, -0.15) is 0 Å². The molecule has 116 valence electrons. The van der Waals surface area contributed by atoms with Gasteiger partial charge in [0.15, 0.2) is 0 Å². The van der Waals surface area contributed by atoms with Crippen LogP contribution in [0.3, 0.4) is 0 Å². The summed E-state index contributed by atoms with van der Waals surface area (Å²) in [4.78, 5) is 22.7. The summed E-state index contributed by atoms with van der Waals surface area (Å²) in [5.41, 5.74) is 7.34. The van der Waals surface area contributed by atoms with Crippen molar-refractivity contribution >= 4 is 17.6 Å². The summed E-state index contributed by atoms with van der Waals surface area (Å²) < 4.78 is 4.57. The van der Waals surface area contributed by atoms with Gasteiger partial charge in [0, 0.05) is 25.1 Å². The number of carbonyl (C=O) groups excluding carboxylic acids is 2. The molecule has 5 nitrogen and oxygen atoms in total. The van der Waals surface area contributed by atoms with E-state index in [1.54, 1.807) is 0 Å². The van der Waals surface area contributed by atoms with Gasteiger partial charge in [-0.3, -0.25) is 9.59 Å². The lowest BCUT2D eigenvalue weighted by Gasteiger charge is -2.06. The van der Waals surface area contributed by atoms with E-state index < -0.39 is 0 Å². The molecule has 0 aliphatic heterocycles. The van der Waals surface area contributed by atoms with Gasteiger partial charge in [0.2, 0.25) is 5.91 Å². The lowest BCUT2D eigenvalue weighted by molar-refractivity contribution is -0.140. The molecule has 0 atom stereocenters. The fourth-order valence-electron chi connectivity index (χ4n) is 2.01. The maximum atomic E-state index is 11.8. The summed E-state index contributed by atoms with van der Waals surface area (Å²) >= 11 is 0. The highest BCUT2D eigenvalue weighted by atomic mass is 16.5. The van der Waals surface area contributed by atoms with Gasteiger partial charge in [0.05, 0.1) is 7.11 Å². The summed E-state index contributed by atoms with van der Waals surface area (Å²) in [6.45, 7) is 0.462. The van der Waals surface area contributed by atoms with Crippen LogP contribution >= 0.6 is 0 Å². The number of benzene rings is 1. The number of hydrogen-bond acceptors (Lipinski definition) is 4. The van der Waals surface area contributed by atoms with Crippen LogP contribution in [0.4, 0.5) is 5.69 Å². The van der Waals surface area contributed by atoms with Crippen LogP contribution in [0.2, 0.25) is 0 Å². The Kier molecular flexibility index (Phi) is 8.12. The van der Waals surface area contributed by atoms with Crippen LogP contribution in [0.15, 0.2) is 24.3 Å². The Labute approximate surface area is 125 Å². The molecule has 1 aromatic rings. The van der Waals surface area contributed by atoms with Gasteiger partial charge in [0.1, 0.15) is 0 Å². The second-order valence-electron chi connectivity index (χ2n) is 4.94. The molecule has 0 heterocycles. The van der Waals surface area contributed by atoms with E-state index in [0.717, 1.165) is 36.9 Å². The SMILES string of the molecule is COC(=O)CCCCCCC(=O)Nc1cccc(CN)c1. The molecule has 1 aromatic carbocycles. The second kappa shape index (κ2) is 9.94. The first-order valence-electron chi connectivity index (χ1n) is 7.31. The molecule has 0 fully saturated rings. The fourth-order valence-corrected chi connectivity index (χ4v) is 2.01. The van der Waals surface area contributed by atoms with Crippen molar-refractivity contribution in [1.82, 2.24) is 0 Å². The van der Waals surface area contributed by atoms with E-state index in [1.165, 1.54) is 7.11 Å². The number of hydrogen-bond donors (Lipinski definition) is 2. The Morgan fingerprint density at radius 2 is 1.86 bits per heavy atom. The first kappa shape index (κ1) is 17.2. The first-order valence-corrected chi connectivity index (χ1v) is 7.31. The average Bonchev–Trinajstić information content (AvgIpc) is 2.50. The number of esters is 1. The molecule has 3 N–H and O–H groups in total. The van der Waals surface area contributed by atoms with Crippen molar-refractivity contribution in [3.8, 4) is 0 Å². The Bertz CT molecular complexity index is 461. The van der Waals surface area contributed by atoms with Crippen LogP contribution < -0.4 is 11.1 Å². The molecule has 0 spiro atoms. The summed E-state index contributed by atoms with van der Waals surface area (Å²) in [5, 5.41) is 2.87. The molecule has 0 saturated heterocycles. The molecule has 1 rings (SSSR count). The van der Waals surface area contributed by atoms with Crippen LogP contribution in [0.5, 0.6) is 0 Å². The molecule has 0 saturated carbocycles. The maximum Gasteiger partial charge on any atom is 0.305 e. The lowest BCUT2D eigenvalue weighted by Crippen LogP contribution is -2.11. The Balaban J connectivity index is 2.15. The predicted octanol–water partition coefficient (Wildman–Crippen LogP) is 2.60. The van der Waals surface area contributed by atoms with E-state index in [-0.39, 0.29) is 11.9 Å². The quantitative estimate of drug-likeness (QED) is 0.541. The Morgan fingerprint density at radius 1 is 1.14 bits per heavy atom. The first-order chi connectivity index (χ1) is 10.2. The van der Waals surface area contributed by atoms with Crippen molar-refractivity contribution in [1.29, 1.82) is 0 Å². The van der Waals surface area contributed by atoms with E-state index in [0.29, 0.717) is 19.4 Å². The summed E-state index contributed by atoms with van der Waals surface area (Å²) in [6.07, 6.45) is 4.45. The number of nitrogens with one attached hydrogen (secondary N) is 1. The van der Waals surface area contributed by atoms with E-state index >= 15 is 0 Å². The normalized spacial score (nSPS) is 10.2. The highest BCUT2D eigenvalue weighted by Crippen LogP contribution is 2.12. The van der Waals surface area contributed by atoms with Gasteiger partial charge in [-0.05, 0) is 30.5 Å². The standard InChI is InChI=1S/C16H24N2O3/c1-21-16(20)10-5-3-2-4-9-15(19)18-14-8-6-7-13(11-14)12-17/h6-8,11H,2-5,9-10,12,17H2,1H3,(H,18,19). The van der Waals surface area contributed by atoms with Crippen LogP contribution in [-0.2, 0) is 20.9 Å². The molecular formula is C16H24N2O3. The topological polar surface area (TPSA) is 81.4 Å². The third-order valence-corrected chi connectivity index (χ3v) is 3.21. The lowest BCUT2D eigenvalue weighted by atomic mass is 10.1. The molecular weight excluding hydrogens is 268 g/mol. The van der Waals surface area contributed by atoms with E-state index in [4.69, 9.17) is 5.73 Å². The number of anilines is 1. The van der Waals surface area contributed by atoms with Crippen molar-refractivity contribution < 1.29 is 14.3 Å². The number of methoxy groups -OCH3 is 1. The summed E-state index contributed by atoms with van der Waals surface area (Å²) in [6, 6.07) is 7.54. The smallest absolute Gasteiger partial charge is 0.305 e. The number of rotatable bonds is 9. The van der Waals surface area contributed by atoms with Gasteiger partial charge in [-0.15, -0.1) is 0 Å². The number of unbranched alkanes of at least 4 members (excludes halogenated alkanes) is 3. The summed E-state index contributed by atoms with van der Waals surface area (Å²) in [7, 11) is 1.40. The van der Waals surface area contributed by atoms with Crippen molar-refractivity contribution in [2.24, 2.45) is 5.73 Å². The third-order valence-electron chi connectivity index (χ3n) is 3.21. The fraction of sp³-hybridized carbons (Fsp3) is 0.500. The molecule has 0 unspecified atom stereocenters. The molecule has 0 aliphatic carbocycles. The zero-order valence-electron chi connectivity index (χ0n) is 12.6. The number of ether oxygens (including phenoxy) is 1. The van der Waals surface area contributed by atoms with Crippen LogP contribution in [0.25, 0.3) is 0 Å². The van der Waals surface area contributed by atoms with Crippen molar-refractivity contribution in [2.75, 3.05) is 12.4 Å². The highest BCUT2D eigenvalue weighted by Gasteiger charge is 2.04. The molecule has 0 bridgehead atoms. The molecule has 21 heavy (non-hydrogen) atoms. The predicted molar refractivity (Wildman–Crippen MR) is 82.7 cm³/mol. The molecule has 0 aliphatic rings. The number of amides is 1. The van der Waals surface area contributed by atoms with E-state index in [1.807, 2.05) is 24.3 Å². The number of carbonyl (C=O) groups is 2. The highest BCUT2D eigenvalue weighted by molar-refractivity contribution is 5.90. The van der Waals surface area contributed by atoms with Gasteiger partial charge in [-0.25, -0.2) is 0 Å². The minimum absolute atomic E-state index is 0.0112. The van der Waals surface area contributed by atoms with Crippen molar-refractivity contribution in [2.45, 2.75) is 45.1 Å². The van der Waals surface area contributed by atoms with Gasteiger partial charge in [0.25, 0.3) is 0 Å². The zero-order chi connectivity index (χ0) is 15.5.